The SMILES string of the molecule is CO[C@H]1[C@H](n2ccc(=O)[nH]c2=O)O[C@](COP(=O)(O)O)(OC)[C@H]1O. The van der Waals surface area contributed by atoms with Gasteiger partial charge in [0.05, 0.1) is 0 Å². The van der Waals surface area contributed by atoms with Crippen molar-refractivity contribution in [2.45, 2.75) is 24.2 Å². The third-order valence-electron chi connectivity index (χ3n) is 3.54. The van der Waals surface area contributed by atoms with E-state index in [2.05, 4.69) is 4.52 Å². The topological polar surface area (TPSA) is 170 Å². The smallest absolute Gasteiger partial charge is 0.384 e. The molecule has 1 fully saturated rings. The second-order valence-corrected chi connectivity index (χ2v) is 6.19. The molecule has 0 radical (unpaired) electrons. The number of phosphoric acid groups is 1. The Morgan fingerprint density at radius 1 is 1.42 bits per heavy atom. The van der Waals surface area contributed by atoms with E-state index in [0.717, 1.165) is 23.9 Å². The van der Waals surface area contributed by atoms with Crippen molar-refractivity contribution in [1.82, 2.24) is 9.55 Å². The highest BCUT2D eigenvalue weighted by Gasteiger charge is 2.57. The van der Waals surface area contributed by atoms with Gasteiger partial charge in [0.15, 0.2) is 6.23 Å². The zero-order chi connectivity index (χ0) is 18.1. The van der Waals surface area contributed by atoms with Gasteiger partial charge in [0, 0.05) is 26.5 Å². The van der Waals surface area contributed by atoms with Crippen LogP contribution in [-0.2, 0) is 23.3 Å². The lowest BCUT2D eigenvalue weighted by Crippen LogP contribution is -2.48. The number of hydrogen-bond acceptors (Lipinski definition) is 8. The summed E-state index contributed by atoms with van der Waals surface area (Å²) in [5.74, 6) is -2.00. The van der Waals surface area contributed by atoms with Crippen LogP contribution in [0.3, 0.4) is 0 Å². The molecule has 0 unspecified atom stereocenters. The maximum Gasteiger partial charge on any atom is 0.469 e. The quantitative estimate of drug-likeness (QED) is 0.408. The van der Waals surface area contributed by atoms with Crippen molar-refractivity contribution in [2.75, 3.05) is 20.8 Å². The molecule has 1 aromatic heterocycles. The fourth-order valence-electron chi connectivity index (χ4n) is 2.36. The van der Waals surface area contributed by atoms with E-state index in [1.807, 2.05) is 4.98 Å². The summed E-state index contributed by atoms with van der Waals surface area (Å²) in [5, 5.41) is 10.4. The highest BCUT2D eigenvalue weighted by Crippen LogP contribution is 2.43. The molecule has 1 aliphatic heterocycles. The van der Waals surface area contributed by atoms with E-state index >= 15 is 0 Å². The van der Waals surface area contributed by atoms with Crippen LogP contribution < -0.4 is 11.2 Å². The van der Waals surface area contributed by atoms with Gasteiger partial charge in [-0.2, -0.15) is 0 Å². The maximum absolute atomic E-state index is 11.9. The molecule has 4 N–H and O–H groups in total. The van der Waals surface area contributed by atoms with Crippen LogP contribution in [0, 0.1) is 0 Å². The predicted molar refractivity (Wildman–Crippen MR) is 76.0 cm³/mol. The van der Waals surface area contributed by atoms with Crippen molar-refractivity contribution in [3.63, 3.8) is 0 Å². The molecule has 0 bridgehead atoms. The van der Waals surface area contributed by atoms with Gasteiger partial charge < -0.3 is 29.1 Å². The highest BCUT2D eigenvalue weighted by molar-refractivity contribution is 7.46. The average molecular weight is 368 g/mol. The normalized spacial score (nSPS) is 30.6. The van der Waals surface area contributed by atoms with Gasteiger partial charge in [-0.05, 0) is 0 Å². The van der Waals surface area contributed by atoms with Gasteiger partial charge in [0.25, 0.3) is 5.56 Å². The van der Waals surface area contributed by atoms with Crippen LogP contribution >= 0.6 is 7.82 Å². The zero-order valence-electron chi connectivity index (χ0n) is 12.7. The van der Waals surface area contributed by atoms with E-state index < -0.39 is 49.9 Å². The molecule has 0 spiro atoms. The molecular formula is C11H17N2O10P. The summed E-state index contributed by atoms with van der Waals surface area (Å²) < 4.78 is 31.8. The van der Waals surface area contributed by atoms with Gasteiger partial charge >= 0.3 is 13.5 Å². The lowest BCUT2D eigenvalue weighted by atomic mass is 10.1. The van der Waals surface area contributed by atoms with E-state index in [4.69, 9.17) is 24.0 Å². The van der Waals surface area contributed by atoms with E-state index in [-0.39, 0.29) is 0 Å². The highest BCUT2D eigenvalue weighted by atomic mass is 31.2. The van der Waals surface area contributed by atoms with Gasteiger partial charge in [-0.25, -0.2) is 9.36 Å². The molecule has 2 rings (SSSR count). The van der Waals surface area contributed by atoms with Gasteiger partial charge in [-0.1, -0.05) is 0 Å². The summed E-state index contributed by atoms with van der Waals surface area (Å²) in [7, 11) is -2.51. The number of nitrogens with one attached hydrogen (secondary N) is 1. The fraction of sp³-hybridized carbons (Fsp3) is 0.636. The molecule has 2 heterocycles. The predicted octanol–water partition coefficient (Wildman–Crippen LogP) is -2.11. The number of rotatable bonds is 6. The monoisotopic (exact) mass is 368 g/mol. The van der Waals surface area contributed by atoms with Crippen molar-refractivity contribution in [1.29, 1.82) is 0 Å². The molecule has 0 aliphatic carbocycles. The molecule has 1 aliphatic rings. The Labute approximate surface area is 134 Å². The second-order valence-electron chi connectivity index (χ2n) is 4.95. The van der Waals surface area contributed by atoms with E-state index in [1.54, 1.807) is 0 Å². The second kappa shape index (κ2) is 6.86. The first-order chi connectivity index (χ1) is 11.1. The van der Waals surface area contributed by atoms with Gasteiger partial charge in [-0.15, -0.1) is 0 Å². The Balaban J connectivity index is 2.39. The van der Waals surface area contributed by atoms with Crippen LogP contribution in [0.2, 0.25) is 0 Å². The standard InChI is InChI=1S/C11H17N2O10P/c1-20-7-8(15)11(21-2,5-22-24(17,18)19)23-9(7)13-4-3-6(14)12-10(13)16/h3-4,7-9,15H,5H2,1-2H3,(H,12,14,16)(H2,17,18,19)/t7-,8+,9-,11+/m1/s1. The van der Waals surface area contributed by atoms with Gasteiger partial charge in [0.1, 0.15) is 18.8 Å². The summed E-state index contributed by atoms with van der Waals surface area (Å²) in [5.41, 5.74) is -1.46. The van der Waals surface area contributed by atoms with Crippen LogP contribution in [-0.4, -0.2) is 63.3 Å². The Hall–Kier alpha value is -1.37. The van der Waals surface area contributed by atoms with E-state index in [9.17, 15) is 19.3 Å². The van der Waals surface area contributed by atoms with Crippen molar-refractivity contribution in [2.24, 2.45) is 0 Å². The van der Waals surface area contributed by atoms with Gasteiger partial charge in [0.2, 0.25) is 5.79 Å². The number of nitrogens with zero attached hydrogens (tertiary/aromatic N) is 1. The first-order valence-electron chi connectivity index (χ1n) is 6.59. The molecule has 0 saturated carbocycles. The summed E-state index contributed by atoms with van der Waals surface area (Å²) in [6.07, 6.45) is -2.81. The fourth-order valence-corrected chi connectivity index (χ4v) is 2.70. The number of H-pyrrole nitrogens is 1. The minimum atomic E-state index is -4.86. The number of methoxy groups -OCH3 is 2. The van der Waals surface area contributed by atoms with Crippen molar-refractivity contribution >= 4 is 7.82 Å². The Morgan fingerprint density at radius 2 is 2.08 bits per heavy atom. The molecule has 12 nitrogen and oxygen atoms in total. The minimum absolute atomic E-state index is 0.633. The van der Waals surface area contributed by atoms with Crippen LogP contribution in [0.5, 0.6) is 0 Å². The molecule has 1 saturated heterocycles. The number of aromatic amines is 1. The van der Waals surface area contributed by atoms with Crippen LogP contribution in [0.15, 0.2) is 21.9 Å². The molecule has 0 amide bonds. The summed E-state index contributed by atoms with van der Waals surface area (Å²) >= 11 is 0. The number of ether oxygens (including phenoxy) is 3. The molecule has 1 aromatic rings. The Kier molecular flexibility index (Phi) is 5.42. The molecular weight excluding hydrogens is 351 g/mol. The number of hydrogen-bond donors (Lipinski definition) is 4. The number of aliphatic hydroxyl groups excluding tert-OH is 1. The van der Waals surface area contributed by atoms with Crippen LogP contribution in [0.4, 0.5) is 0 Å². The Bertz CT molecular complexity index is 741. The molecule has 4 atom stereocenters. The van der Waals surface area contributed by atoms with Crippen LogP contribution in [0.1, 0.15) is 6.23 Å². The van der Waals surface area contributed by atoms with Gasteiger partial charge in [-0.3, -0.25) is 18.9 Å². The molecule has 0 aromatic carbocycles. The van der Waals surface area contributed by atoms with Crippen molar-refractivity contribution in [3.05, 3.63) is 33.1 Å². The lowest BCUT2D eigenvalue weighted by Gasteiger charge is -2.30. The number of phosphoric ester groups is 1. The zero-order valence-corrected chi connectivity index (χ0v) is 13.6. The molecule has 13 heteroatoms. The molecule has 136 valence electrons. The summed E-state index contributed by atoms with van der Waals surface area (Å²) in [6.45, 7) is -0.830. The number of aliphatic hydroxyl groups is 1. The van der Waals surface area contributed by atoms with E-state index in [1.165, 1.54) is 7.11 Å². The molecule has 24 heavy (non-hydrogen) atoms. The third-order valence-corrected chi connectivity index (χ3v) is 4.01. The number of aromatic nitrogens is 2. The summed E-state index contributed by atoms with van der Waals surface area (Å²) in [4.78, 5) is 42.7. The maximum atomic E-state index is 11.9. The lowest BCUT2D eigenvalue weighted by molar-refractivity contribution is -0.267. The largest absolute Gasteiger partial charge is 0.469 e. The summed E-state index contributed by atoms with van der Waals surface area (Å²) in [6, 6.07) is 1.06. The van der Waals surface area contributed by atoms with Crippen LogP contribution in [0.25, 0.3) is 0 Å². The van der Waals surface area contributed by atoms with E-state index in [0.29, 0.717) is 0 Å². The van der Waals surface area contributed by atoms with Crippen molar-refractivity contribution in [3.8, 4) is 0 Å². The Morgan fingerprint density at radius 3 is 2.58 bits per heavy atom. The first kappa shape index (κ1) is 19.0. The minimum Gasteiger partial charge on any atom is -0.384 e. The average Bonchev–Trinajstić information content (AvgIpc) is 2.77. The third kappa shape index (κ3) is 3.66. The first-order valence-corrected chi connectivity index (χ1v) is 8.12. The van der Waals surface area contributed by atoms with Crippen molar-refractivity contribution < 1.29 is 38.2 Å².